The molecule has 2 aromatic rings. The summed E-state index contributed by atoms with van der Waals surface area (Å²) in [7, 11) is 1.43. The first-order valence-electron chi connectivity index (χ1n) is 12.5. The van der Waals surface area contributed by atoms with E-state index in [4.69, 9.17) is 18.9 Å². The Balaban J connectivity index is 1.98. The highest BCUT2D eigenvalue weighted by Crippen LogP contribution is 2.39. The molecular formula is C27H32F5NO7. The van der Waals surface area contributed by atoms with Crippen molar-refractivity contribution in [1.29, 1.82) is 0 Å². The fourth-order valence-corrected chi connectivity index (χ4v) is 3.54. The zero-order chi connectivity index (χ0) is 29.8. The van der Waals surface area contributed by atoms with Gasteiger partial charge in [-0.15, -0.1) is 0 Å². The largest absolute Gasteiger partial charge is 0.497 e. The third kappa shape index (κ3) is 10.5. The Morgan fingerprint density at radius 2 is 1.62 bits per heavy atom. The van der Waals surface area contributed by atoms with Gasteiger partial charge in [-0.1, -0.05) is 18.2 Å². The van der Waals surface area contributed by atoms with E-state index >= 15 is 0 Å². The maximum Gasteiger partial charge on any atom is 0.453 e. The van der Waals surface area contributed by atoms with Crippen LogP contribution in [-0.4, -0.2) is 73.7 Å². The number of hydrogen-bond acceptors (Lipinski definition) is 6. The predicted molar refractivity (Wildman–Crippen MR) is 134 cm³/mol. The fourth-order valence-electron chi connectivity index (χ4n) is 3.54. The molecule has 0 aliphatic carbocycles. The zero-order valence-electron chi connectivity index (χ0n) is 22.1. The van der Waals surface area contributed by atoms with Crippen molar-refractivity contribution >= 4 is 12.1 Å². The van der Waals surface area contributed by atoms with E-state index in [2.05, 4.69) is 0 Å². The standard InChI is InChI=1S/C27H32F5NO7/c1-3-38-23(24(34)35)17-19-9-11-20(12-10-19)39-16-15-33(14-5-4-13-26(28,29)27(30,31)32)25(36)40-22-8-6-7-21(18-22)37-2/h6-12,18,23H,3-5,13-17H2,1-2H3,(H,34,35). The number of aliphatic carboxylic acids is 1. The Morgan fingerprint density at radius 1 is 0.950 bits per heavy atom. The smallest absolute Gasteiger partial charge is 0.453 e. The van der Waals surface area contributed by atoms with E-state index < -0.39 is 43.1 Å². The number of carbonyl (C=O) groups is 2. The maximum absolute atomic E-state index is 13.2. The monoisotopic (exact) mass is 577 g/mol. The Bertz CT molecular complexity index is 1080. The lowest BCUT2D eigenvalue weighted by Crippen LogP contribution is -2.38. The molecule has 0 saturated heterocycles. The number of carbonyl (C=O) groups excluding carboxylic acids is 1. The van der Waals surface area contributed by atoms with Crippen molar-refractivity contribution in [3.8, 4) is 17.2 Å². The minimum absolute atomic E-state index is 0.0397. The van der Waals surface area contributed by atoms with Crippen molar-refractivity contribution in [3.63, 3.8) is 0 Å². The van der Waals surface area contributed by atoms with Crippen LogP contribution in [0.4, 0.5) is 26.7 Å². The van der Waals surface area contributed by atoms with Gasteiger partial charge in [-0.25, -0.2) is 9.59 Å². The highest BCUT2D eigenvalue weighted by atomic mass is 19.4. The lowest BCUT2D eigenvalue weighted by atomic mass is 10.1. The number of ether oxygens (including phenoxy) is 4. The first kappa shape index (κ1) is 32.6. The molecule has 0 saturated carbocycles. The Kier molecular flexibility index (Phi) is 12.4. The van der Waals surface area contributed by atoms with Crippen molar-refractivity contribution in [2.45, 2.75) is 50.8 Å². The van der Waals surface area contributed by atoms with Gasteiger partial charge in [0.1, 0.15) is 23.9 Å². The lowest BCUT2D eigenvalue weighted by Gasteiger charge is -2.23. The molecule has 0 aliphatic rings. The van der Waals surface area contributed by atoms with Crippen molar-refractivity contribution in [2.75, 3.05) is 33.4 Å². The summed E-state index contributed by atoms with van der Waals surface area (Å²) in [5, 5.41) is 9.22. The van der Waals surface area contributed by atoms with E-state index in [0.29, 0.717) is 17.1 Å². The number of methoxy groups -OCH3 is 1. The van der Waals surface area contributed by atoms with E-state index in [1.807, 2.05) is 0 Å². The molecule has 8 nitrogen and oxygen atoms in total. The molecule has 0 fully saturated rings. The Labute approximate surface area is 228 Å². The third-order valence-corrected chi connectivity index (χ3v) is 5.71. The summed E-state index contributed by atoms with van der Waals surface area (Å²) in [6, 6.07) is 12.7. The summed E-state index contributed by atoms with van der Waals surface area (Å²) in [6.45, 7) is 1.71. The lowest BCUT2D eigenvalue weighted by molar-refractivity contribution is -0.284. The van der Waals surface area contributed by atoms with E-state index in [9.17, 15) is 36.6 Å². The van der Waals surface area contributed by atoms with Crippen molar-refractivity contribution in [1.82, 2.24) is 4.90 Å². The van der Waals surface area contributed by atoms with Gasteiger partial charge in [-0.3, -0.25) is 0 Å². The quantitative estimate of drug-likeness (QED) is 0.194. The summed E-state index contributed by atoms with van der Waals surface area (Å²) < 4.78 is 85.1. The van der Waals surface area contributed by atoms with Gasteiger partial charge in [0, 0.05) is 32.1 Å². The molecule has 2 rings (SSSR count). The molecule has 13 heteroatoms. The number of alkyl halides is 5. The van der Waals surface area contributed by atoms with Crippen LogP contribution in [0.2, 0.25) is 0 Å². The number of nitrogens with zero attached hydrogens (tertiary/aromatic N) is 1. The third-order valence-electron chi connectivity index (χ3n) is 5.71. The van der Waals surface area contributed by atoms with Crippen LogP contribution in [0.15, 0.2) is 48.5 Å². The van der Waals surface area contributed by atoms with Crippen LogP contribution >= 0.6 is 0 Å². The van der Waals surface area contributed by atoms with Crippen molar-refractivity contribution in [3.05, 3.63) is 54.1 Å². The fraction of sp³-hybridized carbons (Fsp3) is 0.481. The molecule has 0 heterocycles. The number of benzene rings is 2. The molecule has 222 valence electrons. The van der Waals surface area contributed by atoms with Crippen LogP contribution < -0.4 is 14.2 Å². The Hall–Kier alpha value is -3.61. The van der Waals surface area contributed by atoms with Crippen molar-refractivity contribution < 1.29 is 55.6 Å². The highest BCUT2D eigenvalue weighted by Gasteiger charge is 2.56. The van der Waals surface area contributed by atoms with Crippen LogP contribution in [0.1, 0.15) is 31.7 Å². The number of rotatable bonds is 16. The maximum atomic E-state index is 13.2. The summed E-state index contributed by atoms with van der Waals surface area (Å²) >= 11 is 0. The van der Waals surface area contributed by atoms with Crippen LogP contribution in [0.3, 0.4) is 0 Å². The molecule has 1 unspecified atom stereocenters. The number of carboxylic acids is 1. The van der Waals surface area contributed by atoms with Crippen molar-refractivity contribution in [2.24, 2.45) is 0 Å². The van der Waals surface area contributed by atoms with Crippen LogP contribution in [-0.2, 0) is 16.0 Å². The first-order valence-corrected chi connectivity index (χ1v) is 12.5. The number of carboxylic acid groups (broad SMARTS) is 1. The van der Waals surface area contributed by atoms with Crippen LogP contribution in [0.25, 0.3) is 0 Å². The van der Waals surface area contributed by atoms with E-state index in [1.165, 1.54) is 19.2 Å². The van der Waals surface area contributed by atoms with Gasteiger partial charge >= 0.3 is 24.2 Å². The summed E-state index contributed by atoms with van der Waals surface area (Å²) in [4.78, 5) is 25.2. The highest BCUT2D eigenvalue weighted by molar-refractivity contribution is 5.72. The molecule has 1 atom stereocenters. The van der Waals surface area contributed by atoms with Gasteiger partial charge in [-0.05, 0) is 49.6 Å². The van der Waals surface area contributed by atoms with Gasteiger partial charge < -0.3 is 29.0 Å². The topological polar surface area (TPSA) is 94.5 Å². The molecule has 2 aromatic carbocycles. The van der Waals surface area contributed by atoms with E-state index in [0.717, 1.165) is 4.90 Å². The predicted octanol–water partition coefficient (Wildman–Crippen LogP) is 5.98. The molecule has 1 amide bonds. The Morgan fingerprint density at radius 3 is 2.23 bits per heavy atom. The van der Waals surface area contributed by atoms with Gasteiger partial charge in [0.05, 0.1) is 13.7 Å². The second kappa shape index (κ2) is 15.2. The number of halogens is 5. The van der Waals surface area contributed by atoms with E-state index in [1.54, 1.807) is 43.3 Å². The number of amides is 1. The molecule has 0 spiro atoms. The minimum Gasteiger partial charge on any atom is -0.497 e. The normalized spacial score (nSPS) is 12.5. The van der Waals surface area contributed by atoms with Gasteiger partial charge in [-0.2, -0.15) is 22.0 Å². The zero-order valence-corrected chi connectivity index (χ0v) is 22.1. The number of unbranched alkanes of at least 4 members (excludes halogenated alkanes) is 1. The SMILES string of the molecule is CCOC(Cc1ccc(OCCN(CCCCC(F)(F)C(F)(F)F)C(=O)Oc2cccc(OC)c2)cc1)C(=O)O. The first-order chi connectivity index (χ1) is 18.9. The molecule has 0 aliphatic heterocycles. The van der Waals surface area contributed by atoms with E-state index in [-0.39, 0.29) is 44.9 Å². The van der Waals surface area contributed by atoms with Crippen LogP contribution in [0, 0.1) is 0 Å². The van der Waals surface area contributed by atoms with Gasteiger partial charge in [0.25, 0.3) is 0 Å². The second-order valence-electron chi connectivity index (χ2n) is 8.67. The molecule has 1 N–H and O–H groups in total. The molecule has 40 heavy (non-hydrogen) atoms. The number of hydrogen-bond donors (Lipinski definition) is 1. The molecule has 0 bridgehead atoms. The second-order valence-corrected chi connectivity index (χ2v) is 8.67. The van der Waals surface area contributed by atoms with Crippen LogP contribution in [0.5, 0.6) is 17.2 Å². The summed E-state index contributed by atoms with van der Waals surface area (Å²) in [5.74, 6) is -4.90. The van der Waals surface area contributed by atoms with Gasteiger partial charge in [0.2, 0.25) is 0 Å². The average molecular weight is 578 g/mol. The summed E-state index contributed by atoms with van der Waals surface area (Å²) in [5.41, 5.74) is 0.701. The molecule has 0 radical (unpaired) electrons. The molecule has 0 aromatic heterocycles. The average Bonchev–Trinajstić information content (AvgIpc) is 2.90. The summed E-state index contributed by atoms with van der Waals surface area (Å²) in [6.07, 6.45) is -9.32. The van der Waals surface area contributed by atoms with Gasteiger partial charge in [0.15, 0.2) is 6.10 Å². The minimum atomic E-state index is -5.64. The molecular weight excluding hydrogens is 545 g/mol.